The summed E-state index contributed by atoms with van der Waals surface area (Å²) in [5.74, 6) is 2.71. The van der Waals surface area contributed by atoms with Gasteiger partial charge >= 0.3 is 0 Å². The lowest BCUT2D eigenvalue weighted by Gasteiger charge is -2.30. The van der Waals surface area contributed by atoms with Gasteiger partial charge in [-0.3, -0.25) is 0 Å². The van der Waals surface area contributed by atoms with Gasteiger partial charge in [-0.15, -0.1) is 0 Å². The Morgan fingerprint density at radius 2 is 1.94 bits per heavy atom. The molecule has 0 aliphatic carbocycles. The third-order valence-electron chi connectivity index (χ3n) is 3.62. The minimum Gasteiger partial charge on any atom is -0.465 e. The van der Waals surface area contributed by atoms with Gasteiger partial charge in [-0.1, -0.05) is 34.6 Å². The lowest BCUT2D eigenvalue weighted by molar-refractivity contribution is 0.214. The molecular weight excluding hydrogens is 210 g/mol. The number of rotatable bonds is 5. The highest BCUT2D eigenvalue weighted by atomic mass is 16.3. The molecule has 0 fully saturated rings. The molecule has 0 radical (unpaired) electrons. The molecule has 1 aromatic rings. The zero-order chi connectivity index (χ0) is 13.1. The molecule has 1 aromatic heterocycles. The molecule has 0 bridgehead atoms. The van der Waals surface area contributed by atoms with Crippen molar-refractivity contribution in [3.8, 4) is 0 Å². The summed E-state index contributed by atoms with van der Waals surface area (Å²) in [5, 5.41) is 3.52. The first-order chi connectivity index (χ1) is 7.84. The normalized spacial score (nSPS) is 15.9. The molecule has 0 aliphatic rings. The number of furan rings is 1. The fourth-order valence-electron chi connectivity index (χ4n) is 1.89. The van der Waals surface area contributed by atoms with Crippen molar-refractivity contribution in [1.29, 1.82) is 0 Å². The van der Waals surface area contributed by atoms with Gasteiger partial charge in [0.2, 0.25) is 0 Å². The molecule has 0 spiro atoms. The Morgan fingerprint density at radius 3 is 2.35 bits per heavy atom. The first-order valence-electron chi connectivity index (χ1n) is 6.64. The zero-order valence-electron chi connectivity index (χ0n) is 12.1. The number of hydrogen-bond donors (Lipinski definition) is 1. The van der Waals surface area contributed by atoms with Crippen molar-refractivity contribution < 1.29 is 4.42 Å². The molecule has 98 valence electrons. The van der Waals surface area contributed by atoms with Crippen LogP contribution in [0.4, 0.5) is 0 Å². The van der Waals surface area contributed by atoms with Gasteiger partial charge in [0.25, 0.3) is 0 Å². The topological polar surface area (TPSA) is 25.2 Å². The molecule has 0 saturated heterocycles. The van der Waals surface area contributed by atoms with E-state index in [0.29, 0.717) is 17.4 Å². The third kappa shape index (κ3) is 4.19. The summed E-state index contributed by atoms with van der Waals surface area (Å²) in [7, 11) is 0. The molecule has 17 heavy (non-hydrogen) atoms. The van der Waals surface area contributed by atoms with Crippen molar-refractivity contribution in [1.82, 2.24) is 5.32 Å². The van der Waals surface area contributed by atoms with Gasteiger partial charge in [0, 0.05) is 0 Å². The average molecular weight is 237 g/mol. The van der Waals surface area contributed by atoms with E-state index in [9.17, 15) is 0 Å². The summed E-state index contributed by atoms with van der Waals surface area (Å²) in [4.78, 5) is 0. The van der Waals surface area contributed by atoms with Gasteiger partial charge in [-0.25, -0.2) is 0 Å². The van der Waals surface area contributed by atoms with E-state index in [1.165, 1.54) is 0 Å². The monoisotopic (exact) mass is 237 g/mol. The lowest BCUT2D eigenvalue weighted by Crippen LogP contribution is -2.27. The van der Waals surface area contributed by atoms with E-state index in [-0.39, 0.29) is 0 Å². The summed E-state index contributed by atoms with van der Waals surface area (Å²) in [6.45, 7) is 14.3. The fraction of sp³-hybridized carbons (Fsp3) is 0.733. The van der Waals surface area contributed by atoms with Gasteiger partial charge in [0.15, 0.2) is 0 Å². The molecule has 0 aromatic carbocycles. The Morgan fingerprint density at radius 1 is 1.29 bits per heavy atom. The van der Waals surface area contributed by atoms with E-state index in [1.807, 2.05) is 13.0 Å². The largest absolute Gasteiger partial charge is 0.465 e. The molecule has 2 heteroatoms. The number of nitrogens with one attached hydrogen (secondary N) is 1. The summed E-state index contributed by atoms with van der Waals surface area (Å²) in [5.41, 5.74) is 0.343. The molecule has 1 rings (SSSR count). The first-order valence-corrected chi connectivity index (χ1v) is 6.64. The van der Waals surface area contributed by atoms with Crippen LogP contribution in [0, 0.1) is 18.3 Å². The highest BCUT2D eigenvalue weighted by Crippen LogP contribution is 2.33. The average Bonchev–Trinajstić information content (AvgIpc) is 2.62. The molecular formula is C15H27NO. The summed E-state index contributed by atoms with van der Waals surface area (Å²) < 4.78 is 5.75. The maximum atomic E-state index is 5.75. The van der Waals surface area contributed by atoms with Crippen molar-refractivity contribution >= 4 is 0 Å². The van der Waals surface area contributed by atoms with Crippen molar-refractivity contribution in [2.75, 3.05) is 6.54 Å². The Labute approximate surface area is 106 Å². The predicted molar refractivity (Wildman–Crippen MR) is 73.1 cm³/mol. The van der Waals surface area contributed by atoms with Crippen LogP contribution < -0.4 is 5.32 Å². The Kier molecular flexibility index (Phi) is 4.81. The lowest BCUT2D eigenvalue weighted by atomic mass is 9.78. The van der Waals surface area contributed by atoms with Crippen molar-refractivity contribution in [2.45, 2.75) is 54.0 Å². The molecule has 0 saturated carbocycles. The maximum absolute atomic E-state index is 5.75. The highest BCUT2D eigenvalue weighted by Gasteiger charge is 2.25. The van der Waals surface area contributed by atoms with E-state index in [1.54, 1.807) is 0 Å². The molecule has 1 N–H and O–H groups in total. The SMILES string of the molecule is CCNC(CC(C)C(C)(C)C)c1ccc(C)o1. The number of hydrogen-bond acceptors (Lipinski definition) is 2. The summed E-state index contributed by atoms with van der Waals surface area (Å²) >= 11 is 0. The van der Waals surface area contributed by atoms with Crippen molar-refractivity contribution in [3.05, 3.63) is 23.7 Å². The minimum atomic E-state index is 0.336. The second-order valence-corrected chi connectivity index (χ2v) is 6.06. The Hall–Kier alpha value is -0.760. The first kappa shape index (κ1) is 14.3. The second-order valence-electron chi connectivity index (χ2n) is 6.06. The van der Waals surface area contributed by atoms with Crippen molar-refractivity contribution in [2.24, 2.45) is 11.3 Å². The van der Waals surface area contributed by atoms with E-state index >= 15 is 0 Å². The molecule has 0 amide bonds. The standard InChI is InChI=1S/C15H27NO/c1-7-16-13(10-11(2)15(4,5)6)14-9-8-12(3)17-14/h8-9,11,13,16H,7,10H2,1-6H3. The molecule has 0 aliphatic heterocycles. The van der Waals surface area contributed by atoms with Crippen LogP contribution in [-0.4, -0.2) is 6.54 Å². The second kappa shape index (κ2) is 5.72. The van der Waals surface area contributed by atoms with E-state index < -0.39 is 0 Å². The third-order valence-corrected chi connectivity index (χ3v) is 3.62. The van der Waals surface area contributed by atoms with E-state index in [4.69, 9.17) is 4.42 Å². The summed E-state index contributed by atoms with van der Waals surface area (Å²) in [6, 6.07) is 4.47. The molecule has 2 atom stereocenters. The van der Waals surface area contributed by atoms with Crippen molar-refractivity contribution in [3.63, 3.8) is 0 Å². The molecule has 2 nitrogen and oxygen atoms in total. The Bertz CT molecular complexity index is 335. The van der Waals surface area contributed by atoms with Gasteiger partial charge in [0.05, 0.1) is 6.04 Å². The van der Waals surface area contributed by atoms with E-state index in [0.717, 1.165) is 24.5 Å². The van der Waals surface area contributed by atoms with Crippen LogP contribution in [0.1, 0.15) is 58.6 Å². The Balaban J connectivity index is 2.73. The smallest absolute Gasteiger partial charge is 0.121 e. The van der Waals surface area contributed by atoms with Gasteiger partial charge in [0.1, 0.15) is 11.5 Å². The van der Waals surface area contributed by atoms with Gasteiger partial charge in [-0.05, 0) is 43.4 Å². The van der Waals surface area contributed by atoms with E-state index in [2.05, 4.69) is 46.0 Å². The zero-order valence-corrected chi connectivity index (χ0v) is 12.1. The van der Waals surface area contributed by atoms with Crippen LogP contribution in [0.25, 0.3) is 0 Å². The van der Waals surface area contributed by atoms with Crippen LogP contribution in [0.15, 0.2) is 16.5 Å². The molecule has 2 unspecified atom stereocenters. The number of aryl methyl sites for hydroxylation is 1. The maximum Gasteiger partial charge on any atom is 0.121 e. The quantitative estimate of drug-likeness (QED) is 0.825. The van der Waals surface area contributed by atoms with Gasteiger partial charge < -0.3 is 9.73 Å². The molecule has 1 heterocycles. The predicted octanol–water partition coefficient (Wildman–Crippen LogP) is 4.31. The fourth-order valence-corrected chi connectivity index (χ4v) is 1.89. The van der Waals surface area contributed by atoms with Gasteiger partial charge in [-0.2, -0.15) is 0 Å². The highest BCUT2D eigenvalue weighted by molar-refractivity contribution is 5.10. The van der Waals surface area contributed by atoms with Crippen LogP contribution >= 0.6 is 0 Å². The summed E-state index contributed by atoms with van der Waals surface area (Å²) in [6.07, 6.45) is 1.12. The van der Waals surface area contributed by atoms with Crippen LogP contribution in [0.3, 0.4) is 0 Å². The van der Waals surface area contributed by atoms with Crippen LogP contribution in [0.2, 0.25) is 0 Å². The van der Waals surface area contributed by atoms with Crippen LogP contribution in [0.5, 0.6) is 0 Å². The van der Waals surface area contributed by atoms with Crippen LogP contribution in [-0.2, 0) is 0 Å². The minimum absolute atomic E-state index is 0.336.